The summed E-state index contributed by atoms with van der Waals surface area (Å²) in [4.78, 5) is 12.2. The Morgan fingerprint density at radius 3 is 2.64 bits per heavy atom. The number of carbonyl (C=O) groups is 1. The van der Waals surface area contributed by atoms with Gasteiger partial charge in [-0.2, -0.15) is 0 Å². The van der Waals surface area contributed by atoms with Crippen LogP contribution < -0.4 is 15.4 Å². The number of ether oxygens (including phenoxy) is 1. The molecular weight excluding hydrogens is 359 g/mol. The number of rotatable bonds is 6. The van der Waals surface area contributed by atoms with Crippen molar-refractivity contribution < 1.29 is 9.53 Å². The molecule has 0 aromatic heterocycles. The zero-order chi connectivity index (χ0) is 17.6. The molecular formula is C19H20Cl2N2O2. The summed E-state index contributed by atoms with van der Waals surface area (Å²) >= 11 is 12.0. The molecule has 1 aliphatic rings. The number of halogens is 2. The molecule has 0 spiro atoms. The van der Waals surface area contributed by atoms with Crippen molar-refractivity contribution in [2.24, 2.45) is 0 Å². The first-order valence-corrected chi connectivity index (χ1v) is 9.12. The number of hydrogen-bond donors (Lipinski definition) is 2. The van der Waals surface area contributed by atoms with Crippen LogP contribution in [0.2, 0.25) is 10.0 Å². The average Bonchev–Trinajstić information content (AvgIpc) is 3.10. The van der Waals surface area contributed by atoms with E-state index < -0.39 is 0 Å². The smallest absolute Gasteiger partial charge is 0.243 e. The Morgan fingerprint density at radius 1 is 1.08 bits per heavy atom. The van der Waals surface area contributed by atoms with E-state index in [1.165, 1.54) is 12.8 Å². The van der Waals surface area contributed by atoms with Crippen LogP contribution in [0.15, 0.2) is 42.5 Å². The molecule has 0 saturated heterocycles. The maximum Gasteiger partial charge on any atom is 0.243 e. The Hall–Kier alpha value is -1.91. The first-order chi connectivity index (χ1) is 12.1. The van der Waals surface area contributed by atoms with Gasteiger partial charge in [0.1, 0.15) is 5.75 Å². The second-order valence-electron chi connectivity index (χ2n) is 6.05. The first kappa shape index (κ1) is 17.9. The van der Waals surface area contributed by atoms with Gasteiger partial charge in [0.2, 0.25) is 5.91 Å². The highest BCUT2D eigenvalue weighted by atomic mass is 35.5. The van der Waals surface area contributed by atoms with Crippen molar-refractivity contribution in [2.45, 2.75) is 31.8 Å². The molecule has 132 valence electrons. The molecule has 2 aromatic rings. The van der Waals surface area contributed by atoms with Crippen LogP contribution in [0.4, 0.5) is 11.4 Å². The van der Waals surface area contributed by atoms with E-state index in [2.05, 4.69) is 10.6 Å². The number of nitrogens with one attached hydrogen (secondary N) is 2. The summed E-state index contributed by atoms with van der Waals surface area (Å²) in [6, 6.07) is 12.6. The lowest BCUT2D eigenvalue weighted by molar-refractivity contribution is -0.114. The molecule has 2 N–H and O–H groups in total. The van der Waals surface area contributed by atoms with Gasteiger partial charge in [0.05, 0.1) is 29.0 Å². The van der Waals surface area contributed by atoms with E-state index in [1.807, 2.05) is 24.3 Å². The number of hydrogen-bond acceptors (Lipinski definition) is 3. The maximum absolute atomic E-state index is 12.2. The molecule has 25 heavy (non-hydrogen) atoms. The largest absolute Gasteiger partial charge is 0.488 e. The monoisotopic (exact) mass is 378 g/mol. The molecule has 1 fully saturated rings. The van der Waals surface area contributed by atoms with E-state index in [1.54, 1.807) is 18.2 Å². The Labute approximate surface area is 157 Å². The second kappa shape index (κ2) is 8.45. The summed E-state index contributed by atoms with van der Waals surface area (Å²) in [5.41, 5.74) is 1.30. The minimum Gasteiger partial charge on any atom is -0.488 e. The van der Waals surface area contributed by atoms with Crippen LogP contribution >= 0.6 is 23.2 Å². The predicted octanol–water partition coefficient (Wildman–Crippen LogP) is 5.37. The summed E-state index contributed by atoms with van der Waals surface area (Å²) in [5.74, 6) is 0.572. The fourth-order valence-electron chi connectivity index (χ4n) is 2.86. The van der Waals surface area contributed by atoms with E-state index in [4.69, 9.17) is 27.9 Å². The van der Waals surface area contributed by atoms with E-state index in [-0.39, 0.29) is 18.6 Å². The van der Waals surface area contributed by atoms with Crippen LogP contribution in [-0.4, -0.2) is 18.6 Å². The van der Waals surface area contributed by atoms with Crippen LogP contribution in [0, 0.1) is 0 Å². The third-order valence-electron chi connectivity index (χ3n) is 4.12. The van der Waals surface area contributed by atoms with E-state index in [0.717, 1.165) is 24.3 Å². The van der Waals surface area contributed by atoms with Gasteiger partial charge in [-0.1, -0.05) is 35.3 Å². The molecule has 3 rings (SSSR count). The Morgan fingerprint density at radius 2 is 1.84 bits per heavy atom. The zero-order valence-corrected chi connectivity index (χ0v) is 15.2. The molecule has 0 atom stereocenters. The molecule has 1 aliphatic carbocycles. The van der Waals surface area contributed by atoms with Crippen molar-refractivity contribution in [3.8, 4) is 5.75 Å². The number of para-hydroxylation sites is 2. The van der Waals surface area contributed by atoms with Crippen molar-refractivity contribution in [1.29, 1.82) is 0 Å². The Kier molecular flexibility index (Phi) is 6.05. The van der Waals surface area contributed by atoms with Crippen LogP contribution in [0.5, 0.6) is 5.75 Å². The van der Waals surface area contributed by atoms with E-state index in [9.17, 15) is 4.79 Å². The lowest BCUT2D eigenvalue weighted by Crippen LogP contribution is -2.22. The summed E-state index contributed by atoms with van der Waals surface area (Å²) in [5, 5.41) is 6.85. The van der Waals surface area contributed by atoms with Gasteiger partial charge < -0.3 is 15.4 Å². The molecule has 6 heteroatoms. The van der Waals surface area contributed by atoms with Gasteiger partial charge in [0, 0.05) is 5.02 Å². The second-order valence-corrected chi connectivity index (χ2v) is 6.89. The van der Waals surface area contributed by atoms with Crippen LogP contribution in [0.25, 0.3) is 0 Å². The number of anilines is 2. The molecule has 4 nitrogen and oxygen atoms in total. The minimum absolute atomic E-state index is 0.105. The molecule has 2 aromatic carbocycles. The number of amides is 1. The van der Waals surface area contributed by atoms with Crippen molar-refractivity contribution in [1.82, 2.24) is 0 Å². The van der Waals surface area contributed by atoms with Crippen molar-refractivity contribution >= 4 is 40.5 Å². The first-order valence-electron chi connectivity index (χ1n) is 8.36. The van der Waals surface area contributed by atoms with Crippen LogP contribution in [0.3, 0.4) is 0 Å². The quantitative estimate of drug-likeness (QED) is 0.710. The van der Waals surface area contributed by atoms with Crippen molar-refractivity contribution in [2.75, 3.05) is 17.2 Å². The highest BCUT2D eigenvalue weighted by Gasteiger charge is 2.18. The molecule has 0 bridgehead atoms. The summed E-state index contributed by atoms with van der Waals surface area (Å²) in [6.45, 7) is 0.105. The van der Waals surface area contributed by atoms with Gasteiger partial charge in [-0.25, -0.2) is 0 Å². The molecule has 1 saturated carbocycles. The lowest BCUT2D eigenvalue weighted by Gasteiger charge is -2.17. The van der Waals surface area contributed by atoms with E-state index >= 15 is 0 Å². The standard InChI is InChI=1S/C19H20Cl2N2O2/c20-13-9-10-15(21)17(11-13)23-19(24)12-22-16-7-3-4-8-18(16)25-14-5-1-2-6-14/h3-4,7-11,14,22H,1-2,5-6,12H2,(H,23,24). The summed E-state index contributed by atoms with van der Waals surface area (Å²) < 4.78 is 6.06. The molecule has 0 heterocycles. The third-order valence-corrected chi connectivity index (χ3v) is 4.69. The predicted molar refractivity (Wildman–Crippen MR) is 103 cm³/mol. The van der Waals surface area contributed by atoms with Crippen molar-refractivity contribution in [3.63, 3.8) is 0 Å². The van der Waals surface area contributed by atoms with Gasteiger partial charge >= 0.3 is 0 Å². The topological polar surface area (TPSA) is 50.4 Å². The fraction of sp³-hybridized carbons (Fsp3) is 0.316. The van der Waals surface area contributed by atoms with Crippen LogP contribution in [0.1, 0.15) is 25.7 Å². The molecule has 0 radical (unpaired) electrons. The normalized spacial score (nSPS) is 14.3. The van der Waals surface area contributed by atoms with E-state index in [0.29, 0.717) is 15.7 Å². The van der Waals surface area contributed by atoms with Crippen LogP contribution in [-0.2, 0) is 4.79 Å². The molecule has 0 aliphatic heterocycles. The lowest BCUT2D eigenvalue weighted by atomic mass is 10.2. The fourth-order valence-corrected chi connectivity index (χ4v) is 3.20. The minimum atomic E-state index is -0.208. The maximum atomic E-state index is 12.2. The van der Waals surface area contributed by atoms with Gasteiger partial charge in [-0.05, 0) is 56.0 Å². The molecule has 0 unspecified atom stereocenters. The third kappa shape index (κ3) is 5.03. The molecule has 1 amide bonds. The van der Waals surface area contributed by atoms with Gasteiger partial charge in [0.25, 0.3) is 0 Å². The van der Waals surface area contributed by atoms with Gasteiger partial charge in [-0.15, -0.1) is 0 Å². The number of benzene rings is 2. The Bertz CT molecular complexity index is 746. The number of carbonyl (C=O) groups excluding carboxylic acids is 1. The summed E-state index contributed by atoms with van der Waals surface area (Å²) in [7, 11) is 0. The highest BCUT2D eigenvalue weighted by Crippen LogP contribution is 2.30. The average molecular weight is 379 g/mol. The SMILES string of the molecule is O=C(CNc1ccccc1OC1CCCC1)Nc1cc(Cl)ccc1Cl. The van der Waals surface area contributed by atoms with Gasteiger partial charge in [-0.3, -0.25) is 4.79 Å². The van der Waals surface area contributed by atoms with Crippen molar-refractivity contribution in [3.05, 3.63) is 52.5 Å². The Balaban J connectivity index is 1.59. The highest BCUT2D eigenvalue weighted by molar-refractivity contribution is 6.35. The van der Waals surface area contributed by atoms with Gasteiger partial charge in [0.15, 0.2) is 0 Å². The zero-order valence-electron chi connectivity index (χ0n) is 13.7. The summed E-state index contributed by atoms with van der Waals surface area (Å²) in [6.07, 6.45) is 4.86.